The number of hydrogen-bond acceptors (Lipinski definition) is 8. The molecule has 0 aromatic heterocycles. The van der Waals surface area contributed by atoms with Crippen molar-refractivity contribution in [3.8, 4) is 23.0 Å². The second-order valence-electron chi connectivity index (χ2n) is 11.9. The van der Waals surface area contributed by atoms with Crippen LogP contribution in [0.3, 0.4) is 0 Å². The lowest BCUT2D eigenvalue weighted by Crippen LogP contribution is -2.25. The average Bonchev–Trinajstić information content (AvgIpc) is 3.07. The summed E-state index contributed by atoms with van der Waals surface area (Å²) in [6, 6.07) is 17.3. The molecule has 0 heterocycles. The lowest BCUT2D eigenvalue weighted by Gasteiger charge is -2.27. The predicted molar refractivity (Wildman–Crippen MR) is 180 cm³/mol. The molecular formula is C38H48N2O6. The van der Waals surface area contributed by atoms with Crippen molar-refractivity contribution in [3.63, 3.8) is 0 Å². The zero-order valence-electron chi connectivity index (χ0n) is 27.8. The third-order valence-electron chi connectivity index (χ3n) is 8.41. The van der Waals surface area contributed by atoms with Crippen LogP contribution in [0.4, 0.5) is 11.4 Å². The zero-order valence-corrected chi connectivity index (χ0v) is 27.8. The molecule has 1 aliphatic carbocycles. The van der Waals surface area contributed by atoms with Crippen LogP contribution in [-0.4, -0.2) is 25.2 Å². The number of unbranched alkanes of at least 4 members (excludes halogenated alkanes) is 3. The van der Waals surface area contributed by atoms with Gasteiger partial charge in [0.15, 0.2) is 5.75 Å². The van der Waals surface area contributed by atoms with Gasteiger partial charge in [0.25, 0.3) is 0 Å². The summed E-state index contributed by atoms with van der Waals surface area (Å²) in [5.41, 5.74) is 2.20. The molecule has 8 nitrogen and oxygen atoms in total. The van der Waals surface area contributed by atoms with Gasteiger partial charge < -0.3 is 18.9 Å². The summed E-state index contributed by atoms with van der Waals surface area (Å²) >= 11 is 0. The number of hydrogen-bond donors (Lipinski definition) is 0. The molecule has 8 heteroatoms. The summed E-state index contributed by atoms with van der Waals surface area (Å²) in [6.45, 7) is 9.11. The van der Waals surface area contributed by atoms with Crippen LogP contribution in [-0.2, 0) is 4.79 Å². The molecule has 4 rings (SSSR count). The second-order valence-corrected chi connectivity index (χ2v) is 11.9. The number of carbonyl (C=O) groups is 2. The van der Waals surface area contributed by atoms with Gasteiger partial charge in [-0.2, -0.15) is 5.11 Å². The van der Waals surface area contributed by atoms with Crippen molar-refractivity contribution in [1.29, 1.82) is 0 Å². The van der Waals surface area contributed by atoms with E-state index in [4.69, 9.17) is 18.9 Å². The maximum Gasteiger partial charge on any atom is 0.343 e. The molecule has 1 saturated carbocycles. The summed E-state index contributed by atoms with van der Waals surface area (Å²) in [4.78, 5) is 25.7. The molecule has 0 spiro atoms. The van der Waals surface area contributed by atoms with Gasteiger partial charge in [0, 0.05) is 5.56 Å². The highest BCUT2D eigenvalue weighted by atomic mass is 16.5. The van der Waals surface area contributed by atoms with Crippen LogP contribution in [0.2, 0.25) is 0 Å². The SMILES string of the molecule is CCCCCC1CCC(C(=O)Oc2ccc(N=Nc3ccc(OC(=O)c4ccc(OCC)cc4)c(C)c3OCCCC)cc2)CC1. The molecule has 0 saturated heterocycles. The van der Waals surface area contributed by atoms with Crippen molar-refractivity contribution < 1.29 is 28.5 Å². The van der Waals surface area contributed by atoms with Gasteiger partial charge in [-0.25, -0.2) is 4.79 Å². The van der Waals surface area contributed by atoms with Crippen LogP contribution in [0, 0.1) is 18.8 Å². The first-order chi connectivity index (χ1) is 22.4. The average molecular weight is 629 g/mol. The predicted octanol–water partition coefficient (Wildman–Crippen LogP) is 10.5. The Kier molecular flexibility index (Phi) is 13.6. The molecule has 0 atom stereocenters. The highest BCUT2D eigenvalue weighted by Gasteiger charge is 2.27. The van der Waals surface area contributed by atoms with E-state index < -0.39 is 5.97 Å². The number of benzene rings is 3. The lowest BCUT2D eigenvalue weighted by atomic mass is 9.80. The molecule has 1 aliphatic rings. The van der Waals surface area contributed by atoms with Crippen LogP contribution >= 0.6 is 0 Å². The van der Waals surface area contributed by atoms with Crippen LogP contribution in [0.5, 0.6) is 23.0 Å². The molecule has 0 bridgehead atoms. The maximum absolute atomic E-state index is 12.9. The lowest BCUT2D eigenvalue weighted by molar-refractivity contribution is -0.140. The van der Waals surface area contributed by atoms with Crippen LogP contribution in [0.25, 0.3) is 0 Å². The molecular weight excluding hydrogens is 580 g/mol. The molecule has 1 fully saturated rings. The fourth-order valence-corrected chi connectivity index (χ4v) is 5.62. The first kappa shape index (κ1) is 34.7. The largest absolute Gasteiger partial charge is 0.494 e. The van der Waals surface area contributed by atoms with Gasteiger partial charge in [0.2, 0.25) is 0 Å². The van der Waals surface area contributed by atoms with Gasteiger partial charge in [0.05, 0.1) is 30.4 Å². The number of nitrogens with zero attached hydrogens (tertiary/aromatic N) is 2. The highest BCUT2D eigenvalue weighted by Crippen LogP contribution is 2.39. The van der Waals surface area contributed by atoms with Gasteiger partial charge in [0.1, 0.15) is 22.9 Å². The number of azo groups is 1. The van der Waals surface area contributed by atoms with Gasteiger partial charge >= 0.3 is 11.9 Å². The smallest absolute Gasteiger partial charge is 0.343 e. The topological polar surface area (TPSA) is 95.8 Å². The second kappa shape index (κ2) is 18.1. The Morgan fingerprint density at radius 2 is 1.43 bits per heavy atom. The van der Waals surface area contributed by atoms with Gasteiger partial charge in [-0.15, -0.1) is 5.11 Å². The summed E-state index contributed by atoms with van der Waals surface area (Å²) in [6.07, 6.45) is 11.0. The third-order valence-corrected chi connectivity index (χ3v) is 8.41. The number of carbonyl (C=O) groups excluding carboxylic acids is 2. The van der Waals surface area contributed by atoms with E-state index in [0.29, 0.717) is 58.7 Å². The first-order valence-corrected chi connectivity index (χ1v) is 16.9. The van der Waals surface area contributed by atoms with E-state index >= 15 is 0 Å². The van der Waals surface area contributed by atoms with E-state index in [1.807, 2.05) is 13.8 Å². The van der Waals surface area contributed by atoms with E-state index in [1.54, 1.807) is 60.7 Å². The maximum atomic E-state index is 12.9. The molecule has 0 N–H and O–H groups in total. The van der Waals surface area contributed by atoms with Crippen molar-refractivity contribution in [3.05, 3.63) is 71.8 Å². The standard InChI is InChI=1S/C38H48N2O6/c1-5-8-10-11-28-12-14-29(15-13-28)37(41)45-33-22-18-31(19-23-33)39-40-34-24-25-35(27(4)36(34)44-26-9-6-2)46-38(42)30-16-20-32(21-17-30)43-7-3/h16-25,28-29H,5-15,26H2,1-4H3. The molecule has 3 aromatic rings. The Morgan fingerprint density at radius 3 is 2.11 bits per heavy atom. The van der Waals surface area contributed by atoms with E-state index in [2.05, 4.69) is 24.1 Å². The van der Waals surface area contributed by atoms with E-state index in [-0.39, 0.29) is 11.9 Å². The number of ether oxygens (including phenoxy) is 4. The molecule has 246 valence electrons. The summed E-state index contributed by atoms with van der Waals surface area (Å²) in [5, 5.41) is 8.86. The summed E-state index contributed by atoms with van der Waals surface area (Å²) in [5.74, 6) is 2.20. The Labute approximate surface area is 273 Å². The van der Waals surface area contributed by atoms with Gasteiger partial charge in [-0.05, 0) is 113 Å². The van der Waals surface area contributed by atoms with E-state index in [0.717, 1.165) is 44.4 Å². The minimum absolute atomic E-state index is 0.0284. The molecule has 0 amide bonds. The Balaban J connectivity index is 1.38. The molecule has 0 aliphatic heterocycles. The van der Waals surface area contributed by atoms with E-state index in [1.165, 1.54) is 25.7 Å². The van der Waals surface area contributed by atoms with Crippen molar-refractivity contribution in [2.45, 2.75) is 91.9 Å². The Morgan fingerprint density at radius 1 is 0.739 bits per heavy atom. The summed E-state index contributed by atoms with van der Waals surface area (Å²) in [7, 11) is 0. The first-order valence-electron chi connectivity index (χ1n) is 16.9. The highest BCUT2D eigenvalue weighted by molar-refractivity contribution is 5.91. The van der Waals surface area contributed by atoms with Crippen molar-refractivity contribution >= 4 is 23.3 Å². The Hall–Kier alpha value is -4.20. The van der Waals surface area contributed by atoms with Gasteiger partial charge in [-0.1, -0.05) is 46.0 Å². The van der Waals surface area contributed by atoms with Gasteiger partial charge in [-0.3, -0.25) is 4.79 Å². The van der Waals surface area contributed by atoms with E-state index in [9.17, 15) is 9.59 Å². The van der Waals surface area contributed by atoms with Crippen LogP contribution in [0.15, 0.2) is 70.9 Å². The summed E-state index contributed by atoms with van der Waals surface area (Å²) < 4.78 is 23.0. The third kappa shape index (κ3) is 10.2. The molecule has 3 aromatic carbocycles. The van der Waals surface area contributed by atoms with Crippen molar-refractivity contribution in [2.75, 3.05) is 13.2 Å². The number of rotatable bonds is 16. The van der Waals surface area contributed by atoms with Crippen molar-refractivity contribution in [2.24, 2.45) is 22.1 Å². The normalized spacial score (nSPS) is 16.3. The minimum Gasteiger partial charge on any atom is -0.494 e. The van der Waals surface area contributed by atoms with Crippen LogP contribution in [0.1, 0.15) is 101 Å². The zero-order chi connectivity index (χ0) is 32.7. The molecule has 0 radical (unpaired) electrons. The molecule has 46 heavy (non-hydrogen) atoms. The monoisotopic (exact) mass is 628 g/mol. The minimum atomic E-state index is -0.476. The molecule has 0 unspecified atom stereocenters. The number of esters is 2. The fraction of sp³-hybridized carbons (Fsp3) is 0.474. The fourth-order valence-electron chi connectivity index (χ4n) is 5.62. The van der Waals surface area contributed by atoms with Crippen LogP contribution < -0.4 is 18.9 Å². The van der Waals surface area contributed by atoms with Crippen molar-refractivity contribution in [1.82, 2.24) is 0 Å². The Bertz CT molecular complexity index is 1430. The quantitative estimate of drug-likeness (QED) is 0.0678.